The van der Waals surface area contributed by atoms with Gasteiger partial charge in [-0.2, -0.15) is 0 Å². The summed E-state index contributed by atoms with van der Waals surface area (Å²) in [6.07, 6.45) is 0.874. The number of nitrogens with one attached hydrogen (secondary N) is 3. The third-order valence-corrected chi connectivity index (χ3v) is 2.60. The highest BCUT2D eigenvalue weighted by molar-refractivity contribution is 5.74. The van der Waals surface area contributed by atoms with E-state index in [4.69, 9.17) is 4.74 Å². The van der Waals surface area contributed by atoms with Crippen LogP contribution in [0.3, 0.4) is 0 Å². The van der Waals surface area contributed by atoms with Crippen LogP contribution in [0.4, 0.5) is 4.79 Å². The summed E-state index contributed by atoms with van der Waals surface area (Å²) in [4.78, 5) is 22.0. The highest BCUT2D eigenvalue weighted by Gasteiger charge is 2.02. The van der Waals surface area contributed by atoms with E-state index in [9.17, 15) is 9.59 Å². The van der Waals surface area contributed by atoms with E-state index in [1.165, 1.54) is 6.92 Å². The first-order chi connectivity index (χ1) is 9.63. The minimum atomic E-state index is -0.329. The number of benzene rings is 1. The second-order valence-corrected chi connectivity index (χ2v) is 4.17. The zero-order valence-electron chi connectivity index (χ0n) is 11.9. The molecule has 1 aromatic rings. The fourth-order valence-corrected chi connectivity index (χ4v) is 1.59. The molecule has 1 rings (SSSR count). The van der Waals surface area contributed by atoms with Gasteiger partial charge in [0.1, 0.15) is 5.75 Å². The molecule has 3 N–H and O–H groups in total. The standard InChI is InChI=1S/C14H21N3O3/c1-3-12-6-4-5-7-13(12)20-10-17-14(19)16-9-8-15-11(2)18/h4-7H,3,8-10H2,1-2H3,(H,15,18)(H2,16,17,19). The van der Waals surface area contributed by atoms with Gasteiger partial charge in [-0.1, -0.05) is 25.1 Å². The first kappa shape index (κ1) is 15.8. The molecule has 0 fully saturated rings. The molecule has 0 saturated heterocycles. The van der Waals surface area contributed by atoms with Crippen LogP contribution in [-0.2, 0) is 11.2 Å². The van der Waals surface area contributed by atoms with Crippen LogP contribution < -0.4 is 20.7 Å². The first-order valence-electron chi connectivity index (χ1n) is 6.60. The summed E-state index contributed by atoms with van der Waals surface area (Å²) < 4.78 is 5.50. The summed E-state index contributed by atoms with van der Waals surface area (Å²) >= 11 is 0. The molecule has 0 aliphatic rings. The van der Waals surface area contributed by atoms with Crippen LogP contribution >= 0.6 is 0 Å². The van der Waals surface area contributed by atoms with Gasteiger partial charge < -0.3 is 20.7 Å². The predicted molar refractivity (Wildman–Crippen MR) is 76.5 cm³/mol. The molecule has 1 aromatic carbocycles. The maximum atomic E-state index is 11.4. The SMILES string of the molecule is CCc1ccccc1OCNC(=O)NCCNC(C)=O. The number of hydrogen-bond acceptors (Lipinski definition) is 3. The van der Waals surface area contributed by atoms with Gasteiger partial charge in [-0.15, -0.1) is 0 Å². The van der Waals surface area contributed by atoms with Crippen LogP contribution in [0.5, 0.6) is 5.75 Å². The third-order valence-electron chi connectivity index (χ3n) is 2.60. The van der Waals surface area contributed by atoms with E-state index in [1.807, 2.05) is 31.2 Å². The molecule has 0 aliphatic heterocycles. The van der Waals surface area contributed by atoms with Crippen molar-refractivity contribution in [3.05, 3.63) is 29.8 Å². The molecule has 0 bridgehead atoms. The molecule has 3 amide bonds. The van der Waals surface area contributed by atoms with E-state index >= 15 is 0 Å². The molecule has 0 radical (unpaired) electrons. The Hall–Kier alpha value is -2.24. The molecule has 0 heterocycles. The van der Waals surface area contributed by atoms with E-state index in [0.717, 1.165) is 17.7 Å². The second-order valence-electron chi connectivity index (χ2n) is 4.17. The number of amides is 3. The summed E-state index contributed by atoms with van der Waals surface area (Å²) in [6.45, 7) is 4.35. The van der Waals surface area contributed by atoms with Crippen molar-refractivity contribution in [1.29, 1.82) is 0 Å². The normalized spacial score (nSPS) is 9.70. The average molecular weight is 279 g/mol. The molecule has 0 saturated carbocycles. The Morgan fingerprint density at radius 2 is 1.80 bits per heavy atom. The van der Waals surface area contributed by atoms with Crippen LogP contribution in [0.15, 0.2) is 24.3 Å². The Labute approximate surface area is 118 Å². The zero-order valence-corrected chi connectivity index (χ0v) is 11.9. The number of para-hydroxylation sites is 1. The lowest BCUT2D eigenvalue weighted by Gasteiger charge is -2.11. The Morgan fingerprint density at radius 3 is 2.50 bits per heavy atom. The van der Waals surface area contributed by atoms with Gasteiger partial charge in [0, 0.05) is 20.0 Å². The maximum Gasteiger partial charge on any atom is 0.317 e. The summed E-state index contributed by atoms with van der Waals surface area (Å²) in [5.41, 5.74) is 1.10. The second kappa shape index (κ2) is 8.79. The van der Waals surface area contributed by atoms with Gasteiger partial charge in [-0.25, -0.2) is 4.79 Å². The largest absolute Gasteiger partial charge is 0.473 e. The lowest BCUT2D eigenvalue weighted by Crippen LogP contribution is -2.41. The van der Waals surface area contributed by atoms with Crippen LogP contribution in [0.25, 0.3) is 0 Å². The zero-order chi connectivity index (χ0) is 14.8. The van der Waals surface area contributed by atoms with E-state index < -0.39 is 0 Å². The molecular weight excluding hydrogens is 258 g/mol. The smallest absolute Gasteiger partial charge is 0.317 e. The fourth-order valence-electron chi connectivity index (χ4n) is 1.59. The number of urea groups is 1. The summed E-state index contributed by atoms with van der Waals surface area (Å²) in [7, 11) is 0. The molecule has 110 valence electrons. The number of ether oxygens (including phenoxy) is 1. The molecule has 20 heavy (non-hydrogen) atoms. The highest BCUT2D eigenvalue weighted by Crippen LogP contribution is 2.17. The van der Waals surface area contributed by atoms with Gasteiger partial charge >= 0.3 is 6.03 Å². The number of aryl methyl sites for hydroxylation is 1. The Balaban J connectivity index is 2.20. The number of rotatable bonds is 7. The third kappa shape index (κ3) is 6.08. The van der Waals surface area contributed by atoms with Crippen LogP contribution in [0, 0.1) is 0 Å². The lowest BCUT2D eigenvalue weighted by molar-refractivity contribution is -0.118. The van der Waals surface area contributed by atoms with Crippen molar-refractivity contribution in [3.63, 3.8) is 0 Å². The number of carbonyl (C=O) groups is 2. The van der Waals surface area contributed by atoms with Crippen LogP contribution in [-0.4, -0.2) is 31.8 Å². The highest BCUT2D eigenvalue weighted by atomic mass is 16.5. The van der Waals surface area contributed by atoms with Crippen molar-refractivity contribution in [3.8, 4) is 5.75 Å². The summed E-state index contributed by atoms with van der Waals surface area (Å²) in [6, 6.07) is 7.37. The van der Waals surface area contributed by atoms with Crippen LogP contribution in [0.1, 0.15) is 19.4 Å². The topological polar surface area (TPSA) is 79.5 Å². The predicted octanol–water partition coefficient (Wildman–Crippen LogP) is 1.02. The van der Waals surface area contributed by atoms with E-state index in [-0.39, 0.29) is 18.7 Å². The van der Waals surface area contributed by atoms with Crippen molar-refractivity contribution >= 4 is 11.9 Å². The minimum absolute atomic E-state index is 0.100. The fraction of sp³-hybridized carbons (Fsp3) is 0.429. The van der Waals surface area contributed by atoms with E-state index in [1.54, 1.807) is 0 Å². The number of hydrogen-bond donors (Lipinski definition) is 3. The Bertz CT molecular complexity index is 449. The van der Waals surface area contributed by atoms with E-state index in [2.05, 4.69) is 16.0 Å². The first-order valence-corrected chi connectivity index (χ1v) is 6.60. The Morgan fingerprint density at radius 1 is 1.10 bits per heavy atom. The molecule has 0 aliphatic carbocycles. The molecule has 0 aromatic heterocycles. The number of carbonyl (C=O) groups excluding carboxylic acids is 2. The van der Waals surface area contributed by atoms with Gasteiger partial charge in [0.25, 0.3) is 0 Å². The van der Waals surface area contributed by atoms with Gasteiger partial charge in [-0.05, 0) is 18.1 Å². The van der Waals surface area contributed by atoms with Gasteiger partial charge in [0.05, 0.1) is 0 Å². The summed E-state index contributed by atoms with van der Waals surface area (Å²) in [5, 5.41) is 7.78. The van der Waals surface area contributed by atoms with Crippen molar-refractivity contribution in [2.24, 2.45) is 0 Å². The molecule has 0 spiro atoms. The Kier molecular flexibility index (Phi) is 6.95. The van der Waals surface area contributed by atoms with Gasteiger partial charge in [0.2, 0.25) is 5.91 Å². The molecular formula is C14H21N3O3. The quantitative estimate of drug-likeness (QED) is 0.515. The minimum Gasteiger partial charge on any atom is -0.473 e. The molecule has 6 nitrogen and oxygen atoms in total. The van der Waals surface area contributed by atoms with Gasteiger partial charge in [-0.3, -0.25) is 4.79 Å². The van der Waals surface area contributed by atoms with Crippen LogP contribution in [0.2, 0.25) is 0 Å². The molecule has 0 unspecified atom stereocenters. The molecule has 0 atom stereocenters. The average Bonchev–Trinajstić information content (AvgIpc) is 2.44. The monoisotopic (exact) mass is 279 g/mol. The van der Waals surface area contributed by atoms with Crippen molar-refractivity contribution in [2.75, 3.05) is 19.8 Å². The van der Waals surface area contributed by atoms with E-state index in [0.29, 0.717) is 13.1 Å². The lowest BCUT2D eigenvalue weighted by atomic mass is 10.1. The molecule has 6 heteroatoms. The van der Waals surface area contributed by atoms with Gasteiger partial charge in [0.15, 0.2) is 6.73 Å². The van der Waals surface area contributed by atoms with Crippen molar-refractivity contribution in [2.45, 2.75) is 20.3 Å². The maximum absolute atomic E-state index is 11.4. The summed E-state index contributed by atoms with van der Waals surface area (Å²) in [5.74, 6) is 0.653. The van der Waals surface area contributed by atoms with Crippen molar-refractivity contribution < 1.29 is 14.3 Å². The van der Waals surface area contributed by atoms with Crippen molar-refractivity contribution in [1.82, 2.24) is 16.0 Å².